The predicted octanol–water partition coefficient (Wildman–Crippen LogP) is 2.60. The summed E-state index contributed by atoms with van der Waals surface area (Å²) >= 11 is 0. The normalized spacial score (nSPS) is 10.3. The molecule has 132 valence electrons. The van der Waals surface area contributed by atoms with Crippen LogP contribution in [0, 0.1) is 5.82 Å². The summed E-state index contributed by atoms with van der Waals surface area (Å²) in [6.07, 6.45) is 5.58. The summed E-state index contributed by atoms with van der Waals surface area (Å²) in [6, 6.07) is 11.5. The van der Waals surface area contributed by atoms with Crippen molar-refractivity contribution in [1.29, 1.82) is 0 Å². The van der Waals surface area contributed by atoms with Crippen molar-refractivity contribution in [3.8, 4) is 0 Å². The van der Waals surface area contributed by atoms with Gasteiger partial charge in [-0.3, -0.25) is 9.78 Å². The molecule has 3 rings (SSSR count). The number of pyridine rings is 1. The first-order valence-corrected chi connectivity index (χ1v) is 8.19. The highest BCUT2D eigenvalue weighted by atomic mass is 19.1. The third-order valence-corrected chi connectivity index (χ3v) is 3.70. The Morgan fingerprint density at radius 2 is 1.73 bits per heavy atom. The van der Waals surface area contributed by atoms with Crippen molar-refractivity contribution in [2.75, 3.05) is 11.9 Å². The summed E-state index contributed by atoms with van der Waals surface area (Å²) < 4.78 is 12.9. The lowest BCUT2D eigenvalue weighted by Crippen LogP contribution is -2.26. The summed E-state index contributed by atoms with van der Waals surface area (Å²) in [7, 11) is 0. The largest absolute Gasteiger partial charge is 0.350 e. The van der Waals surface area contributed by atoms with E-state index in [2.05, 4.69) is 25.6 Å². The summed E-state index contributed by atoms with van der Waals surface area (Å²) in [6.45, 7) is 0.979. The molecule has 1 aromatic carbocycles. The van der Waals surface area contributed by atoms with Gasteiger partial charge in [0.05, 0.1) is 0 Å². The number of carbonyl (C=O) groups excluding carboxylic acids is 1. The molecule has 0 saturated carbocycles. The second-order valence-corrected chi connectivity index (χ2v) is 5.61. The maximum atomic E-state index is 12.9. The summed E-state index contributed by atoms with van der Waals surface area (Å²) in [5, 5.41) is 5.88. The Kier molecular flexibility index (Phi) is 5.82. The van der Waals surface area contributed by atoms with Gasteiger partial charge >= 0.3 is 0 Å². The number of nitrogens with one attached hydrogen (secondary N) is 2. The molecule has 0 unspecified atom stereocenters. The highest BCUT2D eigenvalue weighted by Crippen LogP contribution is 2.05. The molecule has 0 aliphatic heterocycles. The zero-order chi connectivity index (χ0) is 18.2. The molecule has 2 heterocycles. The van der Waals surface area contributed by atoms with E-state index in [9.17, 15) is 9.18 Å². The Hall–Kier alpha value is -3.35. The van der Waals surface area contributed by atoms with Crippen molar-refractivity contribution >= 4 is 11.9 Å². The number of rotatable bonds is 7. The smallest absolute Gasteiger partial charge is 0.270 e. The Morgan fingerprint density at radius 1 is 0.962 bits per heavy atom. The van der Waals surface area contributed by atoms with Crippen LogP contribution < -0.4 is 10.6 Å². The molecular weight excluding hydrogens is 333 g/mol. The predicted molar refractivity (Wildman–Crippen MR) is 96.0 cm³/mol. The monoisotopic (exact) mass is 351 g/mol. The van der Waals surface area contributed by atoms with Gasteiger partial charge in [-0.1, -0.05) is 12.1 Å². The van der Waals surface area contributed by atoms with E-state index in [4.69, 9.17) is 0 Å². The molecule has 2 aromatic heterocycles. The molecule has 0 aliphatic carbocycles. The van der Waals surface area contributed by atoms with Crippen LogP contribution in [0.4, 0.5) is 10.3 Å². The number of hydrogen-bond acceptors (Lipinski definition) is 5. The van der Waals surface area contributed by atoms with Gasteiger partial charge in [-0.15, -0.1) is 0 Å². The van der Waals surface area contributed by atoms with E-state index < -0.39 is 0 Å². The molecule has 0 spiro atoms. The topological polar surface area (TPSA) is 79.8 Å². The lowest BCUT2D eigenvalue weighted by atomic mass is 10.1. The number of hydrogen-bond donors (Lipinski definition) is 2. The first-order valence-electron chi connectivity index (χ1n) is 8.19. The number of halogens is 1. The quantitative estimate of drug-likeness (QED) is 0.684. The van der Waals surface area contributed by atoms with Crippen LogP contribution in [0.1, 0.15) is 21.6 Å². The molecule has 0 saturated heterocycles. The van der Waals surface area contributed by atoms with Gasteiger partial charge in [-0.2, -0.15) is 0 Å². The number of benzene rings is 1. The SMILES string of the molecule is O=C(NCCc1ccc(F)cc1)c1ccnc(NCc2ccncc2)n1. The Balaban J connectivity index is 1.51. The highest BCUT2D eigenvalue weighted by Gasteiger charge is 2.08. The minimum Gasteiger partial charge on any atom is -0.350 e. The van der Waals surface area contributed by atoms with E-state index >= 15 is 0 Å². The van der Waals surface area contributed by atoms with Gasteiger partial charge in [-0.05, 0) is 47.9 Å². The van der Waals surface area contributed by atoms with Crippen molar-refractivity contribution in [3.05, 3.63) is 83.7 Å². The lowest BCUT2D eigenvalue weighted by Gasteiger charge is -2.07. The fourth-order valence-corrected chi connectivity index (χ4v) is 2.31. The van der Waals surface area contributed by atoms with Gasteiger partial charge < -0.3 is 10.6 Å². The summed E-state index contributed by atoms with van der Waals surface area (Å²) in [4.78, 5) is 24.5. The zero-order valence-corrected chi connectivity index (χ0v) is 14.0. The van der Waals surface area contributed by atoms with E-state index in [1.807, 2.05) is 12.1 Å². The maximum absolute atomic E-state index is 12.9. The third kappa shape index (κ3) is 5.07. The van der Waals surface area contributed by atoms with Crippen LogP contribution in [0.3, 0.4) is 0 Å². The number of carbonyl (C=O) groups is 1. The second-order valence-electron chi connectivity index (χ2n) is 5.61. The fourth-order valence-electron chi connectivity index (χ4n) is 2.31. The first-order chi connectivity index (χ1) is 12.7. The third-order valence-electron chi connectivity index (χ3n) is 3.70. The first kappa shape index (κ1) is 17.5. The Morgan fingerprint density at radius 3 is 2.50 bits per heavy atom. The Bertz CT molecular complexity index is 855. The van der Waals surface area contributed by atoms with Crippen LogP contribution >= 0.6 is 0 Å². The van der Waals surface area contributed by atoms with Gasteiger partial charge in [0, 0.05) is 31.7 Å². The van der Waals surface area contributed by atoms with E-state index in [1.54, 1.807) is 30.6 Å². The maximum Gasteiger partial charge on any atom is 0.270 e. The minimum atomic E-state index is -0.276. The molecule has 0 atom stereocenters. The molecule has 2 N–H and O–H groups in total. The molecule has 0 aliphatic rings. The van der Waals surface area contributed by atoms with Gasteiger partial charge in [0.1, 0.15) is 11.5 Å². The van der Waals surface area contributed by atoms with Gasteiger partial charge in [-0.25, -0.2) is 14.4 Å². The molecule has 7 heteroatoms. The van der Waals surface area contributed by atoms with Crippen molar-refractivity contribution < 1.29 is 9.18 Å². The lowest BCUT2D eigenvalue weighted by molar-refractivity contribution is 0.0949. The van der Waals surface area contributed by atoms with Crippen molar-refractivity contribution in [2.24, 2.45) is 0 Å². The van der Waals surface area contributed by atoms with Crippen molar-refractivity contribution in [1.82, 2.24) is 20.3 Å². The van der Waals surface area contributed by atoms with Crippen LogP contribution in [0.5, 0.6) is 0 Å². The average molecular weight is 351 g/mol. The molecule has 1 amide bonds. The van der Waals surface area contributed by atoms with Crippen molar-refractivity contribution in [3.63, 3.8) is 0 Å². The molecule has 0 fully saturated rings. The number of nitrogens with zero attached hydrogens (tertiary/aromatic N) is 3. The van der Waals surface area contributed by atoms with E-state index in [1.165, 1.54) is 18.3 Å². The van der Waals surface area contributed by atoms with Crippen LogP contribution in [0.25, 0.3) is 0 Å². The van der Waals surface area contributed by atoms with Gasteiger partial charge in [0.15, 0.2) is 0 Å². The molecule has 0 radical (unpaired) electrons. The highest BCUT2D eigenvalue weighted by molar-refractivity contribution is 5.92. The van der Waals surface area contributed by atoms with Crippen LogP contribution in [0.2, 0.25) is 0 Å². The molecule has 6 nitrogen and oxygen atoms in total. The number of amides is 1. The minimum absolute atomic E-state index is 0.273. The average Bonchev–Trinajstić information content (AvgIpc) is 2.69. The fraction of sp³-hybridized carbons (Fsp3) is 0.158. The molecular formula is C19H18FN5O. The molecule has 26 heavy (non-hydrogen) atoms. The Labute approximate surface area is 150 Å². The second kappa shape index (κ2) is 8.66. The summed E-state index contributed by atoms with van der Waals surface area (Å²) in [5.74, 6) is -0.167. The van der Waals surface area contributed by atoms with Crippen LogP contribution in [-0.4, -0.2) is 27.4 Å². The van der Waals surface area contributed by atoms with Crippen LogP contribution in [0.15, 0.2) is 61.1 Å². The number of anilines is 1. The van der Waals surface area contributed by atoms with E-state index in [0.717, 1.165) is 11.1 Å². The van der Waals surface area contributed by atoms with Gasteiger partial charge in [0.25, 0.3) is 5.91 Å². The standard InChI is InChI=1S/C19H18FN5O/c20-16-3-1-14(2-4-16)7-11-22-18(26)17-8-12-23-19(25-17)24-13-15-5-9-21-10-6-15/h1-6,8-10,12H,7,11,13H2,(H,22,26)(H,23,24,25). The van der Waals surface area contributed by atoms with E-state index in [0.29, 0.717) is 25.5 Å². The van der Waals surface area contributed by atoms with Gasteiger partial charge in [0.2, 0.25) is 5.95 Å². The van der Waals surface area contributed by atoms with Crippen molar-refractivity contribution in [2.45, 2.75) is 13.0 Å². The molecule has 0 bridgehead atoms. The number of aromatic nitrogens is 3. The zero-order valence-electron chi connectivity index (χ0n) is 14.0. The summed E-state index contributed by atoms with van der Waals surface area (Å²) in [5.41, 5.74) is 2.28. The van der Waals surface area contributed by atoms with Crippen LogP contribution in [-0.2, 0) is 13.0 Å². The molecule has 3 aromatic rings. The van der Waals surface area contributed by atoms with E-state index in [-0.39, 0.29) is 17.4 Å².